The molecule has 1 aliphatic carbocycles. The molecule has 2 fully saturated rings. The lowest BCUT2D eigenvalue weighted by Gasteiger charge is -2.49. The summed E-state index contributed by atoms with van der Waals surface area (Å²) in [5.74, 6) is 0. The molecule has 0 bridgehead atoms. The third-order valence-corrected chi connectivity index (χ3v) is 4.61. The van der Waals surface area contributed by atoms with Gasteiger partial charge < -0.3 is 9.88 Å². The normalized spacial score (nSPS) is 28.0. The van der Waals surface area contributed by atoms with Crippen molar-refractivity contribution in [3.8, 4) is 0 Å². The Balaban J connectivity index is 1.84. The number of hydrogen-bond donors (Lipinski definition) is 1. The summed E-state index contributed by atoms with van der Waals surface area (Å²) in [6.45, 7) is 5.67. The van der Waals surface area contributed by atoms with E-state index >= 15 is 0 Å². The van der Waals surface area contributed by atoms with Crippen molar-refractivity contribution in [1.82, 2.24) is 9.88 Å². The molecule has 88 valence electrons. The van der Waals surface area contributed by atoms with Crippen molar-refractivity contribution in [2.24, 2.45) is 0 Å². The number of rotatable bonds is 1. The summed E-state index contributed by atoms with van der Waals surface area (Å²) in [6.07, 6.45) is 6.83. The molecule has 2 nitrogen and oxygen atoms in total. The van der Waals surface area contributed by atoms with Gasteiger partial charge in [-0.3, -0.25) is 0 Å². The van der Waals surface area contributed by atoms with Gasteiger partial charge in [0.2, 0.25) is 0 Å². The number of aryl methyl sites for hydroxylation is 2. The Morgan fingerprint density at radius 1 is 1.25 bits per heavy atom. The Morgan fingerprint density at radius 2 is 1.94 bits per heavy atom. The van der Waals surface area contributed by atoms with Gasteiger partial charge >= 0.3 is 0 Å². The topological polar surface area (TPSA) is 17.0 Å². The lowest BCUT2D eigenvalue weighted by atomic mass is 9.70. The van der Waals surface area contributed by atoms with Gasteiger partial charge in [0.05, 0.1) is 0 Å². The average molecular weight is 218 g/mol. The summed E-state index contributed by atoms with van der Waals surface area (Å²) in [7, 11) is 0. The van der Waals surface area contributed by atoms with E-state index in [1.165, 1.54) is 50.0 Å². The maximum absolute atomic E-state index is 3.75. The van der Waals surface area contributed by atoms with Crippen LogP contribution in [0, 0.1) is 13.8 Å². The monoisotopic (exact) mass is 218 g/mol. The molecule has 2 heteroatoms. The Kier molecular flexibility index (Phi) is 2.36. The van der Waals surface area contributed by atoms with E-state index in [0.29, 0.717) is 5.54 Å². The third-order valence-electron chi connectivity index (χ3n) is 4.61. The summed E-state index contributed by atoms with van der Waals surface area (Å²) < 4.78 is 2.56. The lowest BCUT2D eigenvalue weighted by molar-refractivity contribution is 0.108. The molecular formula is C14H22N2. The SMILES string of the molecule is Cc1ccc(C)n1C1CCNC2(CCC2)C1. The summed E-state index contributed by atoms with van der Waals surface area (Å²) in [6, 6.07) is 5.24. The van der Waals surface area contributed by atoms with Crippen molar-refractivity contribution >= 4 is 0 Å². The number of hydrogen-bond acceptors (Lipinski definition) is 1. The quantitative estimate of drug-likeness (QED) is 0.767. The van der Waals surface area contributed by atoms with Crippen LogP contribution in [0.2, 0.25) is 0 Å². The summed E-state index contributed by atoms with van der Waals surface area (Å²) in [5, 5.41) is 3.75. The molecule has 0 radical (unpaired) electrons. The highest BCUT2D eigenvalue weighted by Gasteiger charge is 2.41. The summed E-state index contributed by atoms with van der Waals surface area (Å²) in [4.78, 5) is 0. The largest absolute Gasteiger partial charge is 0.346 e. The Labute approximate surface area is 98.0 Å². The predicted octanol–water partition coefficient (Wildman–Crippen LogP) is 2.95. The lowest BCUT2D eigenvalue weighted by Crippen LogP contribution is -2.55. The second-order valence-electron chi connectivity index (χ2n) is 5.69. The first-order valence-electron chi connectivity index (χ1n) is 6.60. The molecular weight excluding hydrogens is 196 g/mol. The highest BCUT2D eigenvalue weighted by atomic mass is 15.1. The zero-order valence-corrected chi connectivity index (χ0v) is 10.4. The number of aromatic nitrogens is 1. The highest BCUT2D eigenvalue weighted by molar-refractivity contribution is 5.16. The molecule has 2 heterocycles. The van der Waals surface area contributed by atoms with Crippen molar-refractivity contribution in [3.05, 3.63) is 23.5 Å². The van der Waals surface area contributed by atoms with Gasteiger partial charge in [-0.2, -0.15) is 0 Å². The van der Waals surface area contributed by atoms with Crippen LogP contribution in [0.4, 0.5) is 0 Å². The van der Waals surface area contributed by atoms with Crippen LogP contribution in [-0.4, -0.2) is 16.7 Å². The molecule has 1 spiro atoms. The molecule has 1 aromatic rings. The molecule has 1 saturated heterocycles. The fraction of sp³-hybridized carbons (Fsp3) is 0.714. The van der Waals surface area contributed by atoms with E-state index in [0.717, 1.165) is 6.04 Å². The van der Waals surface area contributed by atoms with Gasteiger partial charge in [-0.25, -0.2) is 0 Å². The fourth-order valence-corrected chi connectivity index (χ4v) is 3.59. The van der Waals surface area contributed by atoms with E-state index in [4.69, 9.17) is 0 Å². The van der Waals surface area contributed by atoms with E-state index in [-0.39, 0.29) is 0 Å². The zero-order valence-electron chi connectivity index (χ0n) is 10.4. The summed E-state index contributed by atoms with van der Waals surface area (Å²) in [5.41, 5.74) is 3.37. The maximum atomic E-state index is 3.75. The standard InChI is InChI=1S/C14H22N2/c1-11-4-5-12(2)16(11)13-6-9-15-14(10-13)7-3-8-14/h4-5,13,15H,3,6-10H2,1-2H3. The second kappa shape index (κ2) is 3.63. The number of nitrogens with one attached hydrogen (secondary N) is 1. The van der Waals surface area contributed by atoms with Crippen molar-refractivity contribution in [3.63, 3.8) is 0 Å². The molecule has 16 heavy (non-hydrogen) atoms. The van der Waals surface area contributed by atoms with E-state index in [2.05, 4.69) is 35.9 Å². The molecule has 3 rings (SSSR count). The first-order chi connectivity index (χ1) is 7.70. The molecule has 1 saturated carbocycles. The van der Waals surface area contributed by atoms with E-state index in [1.54, 1.807) is 0 Å². The minimum atomic E-state index is 0.506. The van der Waals surface area contributed by atoms with Gasteiger partial charge in [0.25, 0.3) is 0 Å². The van der Waals surface area contributed by atoms with Crippen LogP contribution in [0.1, 0.15) is 49.5 Å². The minimum absolute atomic E-state index is 0.506. The first-order valence-corrected chi connectivity index (χ1v) is 6.60. The zero-order chi connectivity index (χ0) is 11.2. The molecule has 0 aromatic carbocycles. The molecule has 1 unspecified atom stereocenters. The van der Waals surface area contributed by atoms with Gasteiger partial charge in [0.1, 0.15) is 0 Å². The van der Waals surface area contributed by atoms with Crippen LogP contribution in [0.3, 0.4) is 0 Å². The van der Waals surface area contributed by atoms with Crippen LogP contribution >= 0.6 is 0 Å². The Morgan fingerprint density at radius 3 is 2.50 bits per heavy atom. The highest BCUT2D eigenvalue weighted by Crippen LogP contribution is 2.42. The Hall–Kier alpha value is -0.760. The summed E-state index contributed by atoms with van der Waals surface area (Å²) >= 11 is 0. The molecule has 1 atom stereocenters. The maximum Gasteiger partial charge on any atom is 0.0365 e. The van der Waals surface area contributed by atoms with E-state index in [1.807, 2.05) is 0 Å². The van der Waals surface area contributed by atoms with Crippen molar-refractivity contribution in [2.75, 3.05) is 6.54 Å². The molecule has 1 N–H and O–H groups in total. The van der Waals surface area contributed by atoms with Crippen LogP contribution in [-0.2, 0) is 0 Å². The van der Waals surface area contributed by atoms with Crippen LogP contribution < -0.4 is 5.32 Å². The van der Waals surface area contributed by atoms with Gasteiger partial charge in [-0.15, -0.1) is 0 Å². The molecule has 2 aliphatic rings. The average Bonchev–Trinajstić information content (AvgIpc) is 2.57. The minimum Gasteiger partial charge on any atom is -0.346 e. The molecule has 0 amide bonds. The van der Waals surface area contributed by atoms with Crippen molar-refractivity contribution in [2.45, 2.75) is 57.5 Å². The third kappa shape index (κ3) is 1.51. The first kappa shape index (κ1) is 10.4. The fourth-order valence-electron chi connectivity index (χ4n) is 3.59. The number of piperidine rings is 1. The van der Waals surface area contributed by atoms with Crippen LogP contribution in [0.15, 0.2) is 12.1 Å². The smallest absolute Gasteiger partial charge is 0.0365 e. The van der Waals surface area contributed by atoms with Gasteiger partial charge in [-0.1, -0.05) is 0 Å². The van der Waals surface area contributed by atoms with Crippen molar-refractivity contribution in [1.29, 1.82) is 0 Å². The predicted molar refractivity (Wildman–Crippen MR) is 66.8 cm³/mol. The second-order valence-corrected chi connectivity index (χ2v) is 5.69. The van der Waals surface area contributed by atoms with Crippen LogP contribution in [0.5, 0.6) is 0 Å². The van der Waals surface area contributed by atoms with E-state index in [9.17, 15) is 0 Å². The van der Waals surface area contributed by atoms with Gasteiger partial charge in [-0.05, 0) is 64.6 Å². The van der Waals surface area contributed by atoms with Gasteiger partial charge in [0.15, 0.2) is 0 Å². The number of nitrogens with zero attached hydrogens (tertiary/aromatic N) is 1. The van der Waals surface area contributed by atoms with Crippen molar-refractivity contribution < 1.29 is 0 Å². The van der Waals surface area contributed by atoms with E-state index < -0.39 is 0 Å². The molecule has 1 aliphatic heterocycles. The molecule has 1 aromatic heterocycles. The van der Waals surface area contributed by atoms with Crippen LogP contribution in [0.25, 0.3) is 0 Å². The Bertz CT molecular complexity index is 368. The van der Waals surface area contributed by atoms with Gasteiger partial charge in [0, 0.05) is 23.0 Å².